The SMILES string of the molecule is COC(=O)C1CCN(C(=O)OC(C)(C)C)C1C(=O)O. The van der Waals surface area contributed by atoms with E-state index >= 15 is 0 Å². The zero-order chi connectivity index (χ0) is 14.8. The van der Waals surface area contributed by atoms with Crippen molar-refractivity contribution in [2.45, 2.75) is 38.8 Å². The van der Waals surface area contributed by atoms with E-state index in [4.69, 9.17) is 4.74 Å². The number of aliphatic carboxylic acids is 1. The number of hydrogen-bond donors (Lipinski definition) is 1. The average Bonchev–Trinajstić information content (AvgIpc) is 2.70. The lowest BCUT2D eigenvalue weighted by Gasteiger charge is -2.27. The second-order valence-corrected chi connectivity index (χ2v) is 5.38. The van der Waals surface area contributed by atoms with Crippen LogP contribution in [0.2, 0.25) is 0 Å². The van der Waals surface area contributed by atoms with E-state index in [-0.39, 0.29) is 13.0 Å². The van der Waals surface area contributed by atoms with Crippen molar-refractivity contribution in [3.05, 3.63) is 0 Å². The molecule has 108 valence electrons. The molecule has 0 aromatic carbocycles. The number of carbonyl (C=O) groups excluding carboxylic acids is 2. The Morgan fingerprint density at radius 3 is 2.26 bits per heavy atom. The van der Waals surface area contributed by atoms with Crippen molar-refractivity contribution in [1.82, 2.24) is 4.90 Å². The second-order valence-electron chi connectivity index (χ2n) is 5.38. The zero-order valence-corrected chi connectivity index (χ0v) is 11.5. The van der Waals surface area contributed by atoms with Crippen molar-refractivity contribution >= 4 is 18.0 Å². The largest absolute Gasteiger partial charge is 0.480 e. The fourth-order valence-electron chi connectivity index (χ4n) is 2.02. The Morgan fingerprint density at radius 2 is 1.84 bits per heavy atom. The van der Waals surface area contributed by atoms with E-state index in [0.717, 1.165) is 4.90 Å². The standard InChI is InChI=1S/C12H19NO6/c1-12(2,3)19-11(17)13-6-5-7(10(16)18-4)8(13)9(14)15/h7-8H,5-6H2,1-4H3,(H,14,15). The number of amides is 1. The Labute approximate surface area is 111 Å². The van der Waals surface area contributed by atoms with Gasteiger partial charge in [0.05, 0.1) is 13.0 Å². The van der Waals surface area contributed by atoms with Gasteiger partial charge in [0.15, 0.2) is 0 Å². The van der Waals surface area contributed by atoms with Crippen LogP contribution in [0.4, 0.5) is 4.79 Å². The predicted molar refractivity (Wildman–Crippen MR) is 64.5 cm³/mol. The number of likely N-dealkylation sites (tertiary alicyclic amines) is 1. The molecule has 0 spiro atoms. The van der Waals surface area contributed by atoms with Crippen LogP contribution < -0.4 is 0 Å². The molecule has 7 heteroatoms. The van der Waals surface area contributed by atoms with Crippen molar-refractivity contribution in [1.29, 1.82) is 0 Å². The maximum absolute atomic E-state index is 11.9. The van der Waals surface area contributed by atoms with Crippen LogP contribution in [0.3, 0.4) is 0 Å². The van der Waals surface area contributed by atoms with E-state index in [1.807, 2.05) is 0 Å². The molecule has 1 saturated heterocycles. The molecular weight excluding hydrogens is 254 g/mol. The summed E-state index contributed by atoms with van der Waals surface area (Å²) in [4.78, 5) is 35.8. The van der Waals surface area contributed by atoms with Crippen molar-refractivity contribution in [2.24, 2.45) is 5.92 Å². The third-order valence-corrected chi connectivity index (χ3v) is 2.78. The Morgan fingerprint density at radius 1 is 1.26 bits per heavy atom. The van der Waals surface area contributed by atoms with Gasteiger partial charge in [0, 0.05) is 6.54 Å². The number of methoxy groups -OCH3 is 1. The number of esters is 1. The number of carboxylic acids is 1. The van der Waals surface area contributed by atoms with Crippen LogP contribution in [0.5, 0.6) is 0 Å². The lowest BCUT2D eigenvalue weighted by molar-refractivity contribution is -0.153. The molecule has 0 saturated carbocycles. The number of carbonyl (C=O) groups is 3. The number of rotatable bonds is 2. The summed E-state index contributed by atoms with van der Waals surface area (Å²) in [6.07, 6.45) is -0.477. The maximum Gasteiger partial charge on any atom is 0.411 e. The van der Waals surface area contributed by atoms with Crippen LogP contribution in [0.1, 0.15) is 27.2 Å². The monoisotopic (exact) mass is 273 g/mol. The van der Waals surface area contributed by atoms with Crippen molar-refractivity contribution in [2.75, 3.05) is 13.7 Å². The average molecular weight is 273 g/mol. The molecule has 0 radical (unpaired) electrons. The van der Waals surface area contributed by atoms with E-state index in [9.17, 15) is 19.5 Å². The molecule has 1 amide bonds. The van der Waals surface area contributed by atoms with Crippen molar-refractivity contribution in [3.63, 3.8) is 0 Å². The van der Waals surface area contributed by atoms with Crippen LogP contribution >= 0.6 is 0 Å². The van der Waals surface area contributed by atoms with Gasteiger partial charge in [0.2, 0.25) is 0 Å². The molecule has 1 rings (SSSR count). The number of nitrogens with zero attached hydrogens (tertiary/aromatic N) is 1. The lowest BCUT2D eigenvalue weighted by Crippen LogP contribution is -2.47. The van der Waals surface area contributed by atoms with Gasteiger partial charge in [-0.2, -0.15) is 0 Å². The zero-order valence-electron chi connectivity index (χ0n) is 11.5. The maximum atomic E-state index is 11.9. The molecule has 2 unspecified atom stereocenters. The topological polar surface area (TPSA) is 93.1 Å². The minimum absolute atomic E-state index is 0.158. The molecule has 0 aliphatic carbocycles. The van der Waals surface area contributed by atoms with Gasteiger partial charge in [-0.3, -0.25) is 9.69 Å². The normalized spacial score (nSPS) is 23.1. The van der Waals surface area contributed by atoms with Gasteiger partial charge >= 0.3 is 18.0 Å². The molecule has 0 aromatic rings. The molecule has 2 atom stereocenters. The van der Waals surface area contributed by atoms with E-state index in [2.05, 4.69) is 4.74 Å². The Bertz CT molecular complexity index is 386. The van der Waals surface area contributed by atoms with E-state index in [1.165, 1.54) is 7.11 Å². The molecule has 0 aromatic heterocycles. The highest BCUT2D eigenvalue weighted by atomic mass is 16.6. The highest BCUT2D eigenvalue weighted by Gasteiger charge is 2.47. The minimum Gasteiger partial charge on any atom is -0.480 e. The first kappa shape index (κ1) is 15.3. The first-order valence-corrected chi connectivity index (χ1v) is 5.97. The first-order chi connectivity index (χ1) is 8.67. The Hall–Kier alpha value is -1.79. The van der Waals surface area contributed by atoms with Gasteiger partial charge in [-0.25, -0.2) is 9.59 Å². The molecule has 1 aliphatic rings. The first-order valence-electron chi connectivity index (χ1n) is 5.97. The van der Waals surface area contributed by atoms with Gasteiger partial charge < -0.3 is 14.6 Å². The molecule has 0 bridgehead atoms. The Balaban J connectivity index is 2.88. The summed E-state index contributed by atoms with van der Waals surface area (Å²) >= 11 is 0. The summed E-state index contributed by atoms with van der Waals surface area (Å²) < 4.78 is 9.70. The summed E-state index contributed by atoms with van der Waals surface area (Å²) in [5.74, 6) is -2.72. The summed E-state index contributed by atoms with van der Waals surface area (Å²) in [5.41, 5.74) is -0.719. The van der Waals surface area contributed by atoms with Crippen molar-refractivity contribution in [3.8, 4) is 0 Å². The number of carboxylic acid groups (broad SMARTS) is 1. The molecule has 1 aliphatic heterocycles. The fourth-order valence-corrected chi connectivity index (χ4v) is 2.02. The van der Waals surface area contributed by atoms with Crippen LogP contribution in [0.25, 0.3) is 0 Å². The third kappa shape index (κ3) is 3.59. The molecule has 1 heterocycles. The van der Waals surface area contributed by atoms with Crippen LogP contribution in [0.15, 0.2) is 0 Å². The van der Waals surface area contributed by atoms with Crippen molar-refractivity contribution < 1.29 is 29.0 Å². The number of ether oxygens (including phenoxy) is 2. The smallest absolute Gasteiger partial charge is 0.411 e. The molecule has 7 nitrogen and oxygen atoms in total. The quantitative estimate of drug-likeness (QED) is 0.750. The van der Waals surface area contributed by atoms with Crippen LogP contribution in [-0.4, -0.2) is 53.3 Å². The molecule has 1 fully saturated rings. The summed E-state index contributed by atoms with van der Waals surface area (Å²) in [7, 11) is 1.19. The third-order valence-electron chi connectivity index (χ3n) is 2.78. The summed E-state index contributed by atoms with van der Waals surface area (Å²) in [5, 5.41) is 9.19. The Kier molecular flexibility index (Phi) is 4.39. The fraction of sp³-hybridized carbons (Fsp3) is 0.750. The van der Waals surface area contributed by atoms with Crippen LogP contribution in [-0.2, 0) is 19.1 Å². The highest BCUT2D eigenvalue weighted by Crippen LogP contribution is 2.27. The van der Waals surface area contributed by atoms with E-state index in [1.54, 1.807) is 20.8 Å². The van der Waals surface area contributed by atoms with Crippen LogP contribution in [0, 0.1) is 5.92 Å². The minimum atomic E-state index is -1.24. The van der Waals surface area contributed by atoms with Gasteiger partial charge in [0.25, 0.3) is 0 Å². The van der Waals surface area contributed by atoms with Gasteiger partial charge in [0.1, 0.15) is 11.6 Å². The van der Waals surface area contributed by atoms with E-state index in [0.29, 0.717) is 0 Å². The van der Waals surface area contributed by atoms with E-state index < -0.39 is 35.6 Å². The molecular formula is C12H19NO6. The number of hydrogen-bond acceptors (Lipinski definition) is 5. The highest BCUT2D eigenvalue weighted by molar-refractivity contribution is 5.88. The predicted octanol–water partition coefficient (Wildman–Crippen LogP) is 0.870. The van der Waals surface area contributed by atoms with Gasteiger partial charge in [-0.1, -0.05) is 0 Å². The molecule has 19 heavy (non-hydrogen) atoms. The second kappa shape index (κ2) is 5.46. The van der Waals surface area contributed by atoms with Gasteiger partial charge in [-0.05, 0) is 27.2 Å². The summed E-state index contributed by atoms with van der Waals surface area (Å²) in [6.45, 7) is 5.23. The summed E-state index contributed by atoms with van der Waals surface area (Å²) in [6, 6.07) is -1.23. The van der Waals surface area contributed by atoms with Gasteiger partial charge in [-0.15, -0.1) is 0 Å². The lowest BCUT2D eigenvalue weighted by atomic mass is 10.0. The molecule has 1 N–H and O–H groups in total.